The molecule has 2 heterocycles. The number of aliphatic carboxylic acids is 1. The Bertz CT molecular complexity index is 535. The van der Waals surface area contributed by atoms with Crippen LogP contribution in [0.5, 0.6) is 0 Å². The van der Waals surface area contributed by atoms with Crippen molar-refractivity contribution in [3.8, 4) is 0 Å². The van der Waals surface area contributed by atoms with Crippen LogP contribution in [0.2, 0.25) is 0 Å². The van der Waals surface area contributed by atoms with E-state index in [1.165, 1.54) is 0 Å². The second-order valence-electron chi connectivity index (χ2n) is 5.30. The van der Waals surface area contributed by atoms with Gasteiger partial charge in [-0.3, -0.25) is 14.3 Å². The van der Waals surface area contributed by atoms with Gasteiger partial charge in [-0.15, -0.1) is 0 Å². The molecule has 1 fully saturated rings. The van der Waals surface area contributed by atoms with E-state index in [1.807, 2.05) is 13.8 Å². The molecule has 0 unspecified atom stereocenters. The molecule has 0 bridgehead atoms. The van der Waals surface area contributed by atoms with Crippen molar-refractivity contribution in [1.82, 2.24) is 14.7 Å². The quantitative estimate of drug-likeness (QED) is 0.859. The van der Waals surface area contributed by atoms with Gasteiger partial charge in [0.25, 0.3) is 5.91 Å². The number of rotatable bonds is 2. The van der Waals surface area contributed by atoms with Gasteiger partial charge in [0.1, 0.15) is 0 Å². The number of aromatic nitrogens is 2. The molecule has 1 aliphatic rings. The lowest BCUT2D eigenvalue weighted by atomic mass is 9.99. The van der Waals surface area contributed by atoms with Crippen molar-refractivity contribution in [2.24, 2.45) is 18.9 Å². The van der Waals surface area contributed by atoms with Crippen molar-refractivity contribution in [3.05, 3.63) is 17.0 Å². The maximum absolute atomic E-state index is 12.5. The molecule has 6 nitrogen and oxygen atoms in total. The molecule has 1 aromatic rings. The van der Waals surface area contributed by atoms with Crippen LogP contribution >= 0.6 is 0 Å². The Labute approximate surface area is 112 Å². The highest BCUT2D eigenvalue weighted by atomic mass is 16.4. The van der Waals surface area contributed by atoms with Gasteiger partial charge in [0.15, 0.2) is 0 Å². The van der Waals surface area contributed by atoms with Crippen LogP contribution in [0.4, 0.5) is 0 Å². The maximum atomic E-state index is 12.5. The molecule has 1 N–H and O–H groups in total. The highest BCUT2D eigenvalue weighted by molar-refractivity contribution is 5.97. The minimum atomic E-state index is -0.831. The Hall–Kier alpha value is -1.85. The average Bonchev–Trinajstić information content (AvgIpc) is 2.81. The van der Waals surface area contributed by atoms with E-state index in [9.17, 15) is 9.59 Å². The second-order valence-corrected chi connectivity index (χ2v) is 5.30. The minimum Gasteiger partial charge on any atom is -0.481 e. The van der Waals surface area contributed by atoms with Crippen molar-refractivity contribution in [2.45, 2.75) is 20.8 Å². The molecule has 104 valence electrons. The highest BCUT2D eigenvalue weighted by Gasteiger charge is 2.38. The van der Waals surface area contributed by atoms with Crippen molar-refractivity contribution >= 4 is 11.9 Å². The Kier molecular flexibility index (Phi) is 3.34. The fourth-order valence-electron chi connectivity index (χ4n) is 2.70. The first-order chi connectivity index (χ1) is 8.82. The minimum absolute atomic E-state index is 0.0151. The lowest BCUT2D eigenvalue weighted by molar-refractivity contribution is -0.142. The van der Waals surface area contributed by atoms with Gasteiger partial charge in [-0.2, -0.15) is 5.10 Å². The Morgan fingerprint density at radius 3 is 2.37 bits per heavy atom. The SMILES string of the molecule is Cc1nn(C)c(C)c1C(=O)N1C[C@@H](C)[C@H](C(=O)O)C1. The first-order valence-electron chi connectivity index (χ1n) is 6.35. The van der Waals surface area contributed by atoms with E-state index in [4.69, 9.17) is 5.11 Å². The van der Waals surface area contributed by atoms with Gasteiger partial charge in [0.2, 0.25) is 0 Å². The van der Waals surface area contributed by atoms with Crippen LogP contribution in [-0.2, 0) is 11.8 Å². The van der Waals surface area contributed by atoms with Gasteiger partial charge in [0.05, 0.1) is 17.2 Å². The van der Waals surface area contributed by atoms with Crippen molar-refractivity contribution in [3.63, 3.8) is 0 Å². The number of carbonyl (C=O) groups is 2. The number of likely N-dealkylation sites (tertiary alicyclic amines) is 1. The first-order valence-corrected chi connectivity index (χ1v) is 6.35. The molecule has 0 saturated carbocycles. The largest absolute Gasteiger partial charge is 0.481 e. The summed E-state index contributed by atoms with van der Waals surface area (Å²) in [4.78, 5) is 25.2. The van der Waals surface area contributed by atoms with Crippen molar-refractivity contribution in [2.75, 3.05) is 13.1 Å². The van der Waals surface area contributed by atoms with E-state index < -0.39 is 11.9 Å². The third kappa shape index (κ3) is 2.22. The third-order valence-electron chi connectivity index (χ3n) is 3.94. The summed E-state index contributed by atoms with van der Waals surface area (Å²) in [5.41, 5.74) is 2.10. The van der Waals surface area contributed by atoms with E-state index in [2.05, 4.69) is 5.10 Å². The lowest BCUT2D eigenvalue weighted by Crippen LogP contribution is -2.30. The van der Waals surface area contributed by atoms with Crippen LogP contribution in [0.1, 0.15) is 28.7 Å². The normalized spacial score (nSPS) is 22.8. The summed E-state index contributed by atoms with van der Waals surface area (Å²) in [5, 5.41) is 13.3. The average molecular weight is 265 g/mol. The summed E-state index contributed by atoms with van der Waals surface area (Å²) in [6.07, 6.45) is 0. The monoisotopic (exact) mass is 265 g/mol. The summed E-state index contributed by atoms with van der Waals surface area (Å²) in [5.74, 6) is -1.43. The summed E-state index contributed by atoms with van der Waals surface area (Å²) in [6.45, 7) is 6.29. The van der Waals surface area contributed by atoms with Gasteiger partial charge in [-0.25, -0.2) is 0 Å². The summed E-state index contributed by atoms with van der Waals surface area (Å²) >= 11 is 0. The first kappa shape index (κ1) is 13.6. The van der Waals surface area contributed by atoms with Gasteiger partial charge in [-0.1, -0.05) is 6.92 Å². The van der Waals surface area contributed by atoms with Crippen LogP contribution in [0.25, 0.3) is 0 Å². The Morgan fingerprint density at radius 2 is 1.95 bits per heavy atom. The van der Waals surface area contributed by atoms with Gasteiger partial charge in [0, 0.05) is 25.8 Å². The predicted molar refractivity (Wildman–Crippen MR) is 68.9 cm³/mol. The summed E-state index contributed by atoms with van der Waals surface area (Å²) in [7, 11) is 1.80. The van der Waals surface area contributed by atoms with E-state index in [0.717, 1.165) is 5.69 Å². The lowest BCUT2D eigenvalue weighted by Gasteiger charge is -2.16. The van der Waals surface area contributed by atoms with Crippen LogP contribution in [0.15, 0.2) is 0 Å². The molecular formula is C13H19N3O3. The fraction of sp³-hybridized carbons (Fsp3) is 0.615. The molecule has 1 amide bonds. The molecule has 6 heteroatoms. The fourth-order valence-corrected chi connectivity index (χ4v) is 2.70. The van der Waals surface area contributed by atoms with E-state index in [1.54, 1.807) is 23.6 Å². The molecule has 0 spiro atoms. The third-order valence-corrected chi connectivity index (χ3v) is 3.94. The standard InChI is InChI=1S/C13H19N3O3/c1-7-5-16(6-10(7)13(18)19)12(17)11-8(2)14-15(4)9(11)3/h7,10H,5-6H2,1-4H3,(H,18,19)/t7-,10-/m1/s1. The zero-order valence-corrected chi connectivity index (χ0v) is 11.7. The molecule has 0 aliphatic carbocycles. The predicted octanol–water partition coefficient (Wildman–Crippen LogP) is 0.830. The number of nitrogens with zero attached hydrogens (tertiary/aromatic N) is 3. The molecule has 0 aromatic carbocycles. The zero-order valence-electron chi connectivity index (χ0n) is 11.7. The molecule has 1 aliphatic heterocycles. The van der Waals surface area contributed by atoms with Crippen molar-refractivity contribution < 1.29 is 14.7 Å². The molecular weight excluding hydrogens is 246 g/mol. The molecule has 2 atom stereocenters. The molecule has 1 aromatic heterocycles. The van der Waals surface area contributed by atoms with Crippen molar-refractivity contribution in [1.29, 1.82) is 0 Å². The summed E-state index contributed by atoms with van der Waals surface area (Å²) in [6, 6.07) is 0. The van der Waals surface area contributed by atoms with Crippen LogP contribution in [-0.4, -0.2) is 44.8 Å². The molecule has 1 saturated heterocycles. The molecule has 0 radical (unpaired) electrons. The topological polar surface area (TPSA) is 75.4 Å². The second kappa shape index (κ2) is 4.68. The van der Waals surface area contributed by atoms with E-state index >= 15 is 0 Å². The van der Waals surface area contributed by atoms with Crippen LogP contribution < -0.4 is 0 Å². The Balaban J connectivity index is 2.24. The van der Waals surface area contributed by atoms with E-state index in [-0.39, 0.29) is 18.4 Å². The Morgan fingerprint density at radius 1 is 1.32 bits per heavy atom. The maximum Gasteiger partial charge on any atom is 0.308 e. The van der Waals surface area contributed by atoms with E-state index in [0.29, 0.717) is 17.8 Å². The highest BCUT2D eigenvalue weighted by Crippen LogP contribution is 2.26. The molecule has 19 heavy (non-hydrogen) atoms. The van der Waals surface area contributed by atoms with Crippen LogP contribution in [0, 0.1) is 25.7 Å². The van der Waals surface area contributed by atoms with Gasteiger partial charge < -0.3 is 10.0 Å². The zero-order chi connectivity index (χ0) is 14.3. The molecule has 2 rings (SSSR count). The number of aryl methyl sites for hydroxylation is 2. The number of hydrogen-bond donors (Lipinski definition) is 1. The number of amides is 1. The number of carboxylic acid groups (broad SMARTS) is 1. The smallest absolute Gasteiger partial charge is 0.308 e. The summed E-state index contributed by atoms with van der Waals surface area (Å²) < 4.78 is 1.68. The number of carbonyl (C=O) groups excluding carboxylic acids is 1. The van der Waals surface area contributed by atoms with Gasteiger partial charge >= 0.3 is 5.97 Å². The van der Waals surface area contributed by atoms with Gasteiger partial charge in [-0.05, 0) is 19.8 Å². The van der Waals surface area contributed by atoms with Crippen LogP contribution in [0.3, 0.4) is 0 Å². The number of carboxylic acids is 1. The number of hydrogen-bond acceptors (Lipinski definition) is 3.